The molecule has 0 fully saturated rings. The predicted octanol–water partition coefficient (Wildman–Crippen LogP) is 1.37. The fourth-order valence-electron chi connectivity index (χ4n) is 1.45. The summed E-state index contributed by atoms with van der Waals surface area (Å²) in [5, 5.41) is 3.80. The van der Waals surface area contributed by atoms with Gasteiger partial charge in [-0.3, -0.25) is 4.79 Å². The van der Waals surface area contributed by atoms with Crippen LogP contribution in [0.5, 0.6) is 0 Å². The molecule has 1 rings (SSSR count). The monoisotopic (exact) mass is 240 g/mol. The molecule has 0 amide bonds. The molecular formula is C11H20N4O2. The summed E-state index contributed by atoms with van der Waals surface area (Å²) in [6, 6.07) is 0. The van der Waals surface area contributed by atoms with E-state index in [4.69, 9.17) is 10.5 Å². The molecule has 0 aromatic carbocycles. The third-order valence-corrected chi connectivity index (χ3v) is 2.36. The first-order chi connectivity index (χ1) is 8.22. The van der Waals surface area contributed by atoms with Crippen LogP contribution in [0.15, 0.2) is 6.33 Å². The highest BCUT2D eigenvalue weighted by molar-refractivity contribution is 5.68. The van der Waals surface area contributed by atoms with Crippen LogP contribution in [0.1, 0.15) is 39.0 Å². The summed E-state index contributed by atoms with van der Waals surface area (Å²) >= 11 is 0. The first kappa shape index (κ1) is 13.5. The van der Waals surface area contributed by atoms with Gasteiger partial charge in [-0.05, 0) is 6.42 Å². The molecule has 17 heavy (non-hydrogen) atoms. The molecular weight excluding hydrogens is 220 g/mol. The molecule has 0 saturated carbocycles. The standard InChI is InChI=1S/C11H20N4O2/c1-2-3-4-5-6-7-17-10(16)8-15-9-13-11(12)14-15/h9H,2-8H2,1H3,(H2,12,14). The van der Waals surface area contributed by atoms with Gasteiger partial charge >= 0.3 is 5.97 Å². The third kappa shape index (κ3) is 5.89. The van der Waals surface area contributed by atoms with E-state index in [1.54, 1.807) is 0 Å². The number of unbranched alkanes of at least 4 members (excludes halogenated alkanes) is 4. The maximum Gasteiger partial charge on any atom is 0.327 e. The van der Waals surface area contributed by atoms with Crippen LogP contribution >= 0.6 is 0 Å². The van der Waals surface area contributed by atoms with Crippen LogP contribution < -0.4 is 5.73 Å². The summed E-state index contributed by atoms with van der Waals surface area (Å²) in [7, 11) is 0. The fraction of sp³-hybridized carbons (Fsp3) is 0.727. The van der Waals surface area contributed by atoms with E-state index in [0.29, 0.717) is 6.61 Å². The van der Waals surface area contributed by atoms with Gasteiger partial charge in [0.1, 0.15) is 12.9 Å². The molecule has 0 atom stereocenters. The molecule has 0 bridgehead atoms. The Morgan fingerprint density at radius 1 is 1.41 bits per heavy atom. The molecule has 0 saturated heterocycles. The Morgan fingerprint density at radius 2 is 2.18 bits per heavy atom. The quantitative estimate of drug-likeness (QED) is 0.548. The number of ether oxygens (including phenoxy) is 1. The minimum absolute atomic E-state index is 0.0686. The second kappa shape index (κ2) is 7.65. The van der Waals surface area contributed by atoms with Crippen molar-refractivity contribution in [3.63, 3.8) is 0 Å². The molecule has 1 aromatic rings. The van der Waals surface area contributed by atoms with Gasteiger partial charge in [0, 0.05) is 0 Å². The lowest BCUT2D eigenvalue weighted by molar-refractivity contribution is -0.144. The maximum atomic E-state index is 11.4. The molecule has 0 aliphatic heterocycles. The normalized spacial score (nSPS) is 10.4. The number of aromatic nitrogens is 3. The number of nitrogens with zero attached hydrogens (tertiary/aromatic N) is 3. The van der Waals surface area contributed by atoms with E-state index in [0.717, 1.165) is 12.8 Å². The van der Waals surface area contributed by atoms with Gasteiger partial charge in [-0.15, -0.1) is 5.10 Å². The van der Waals surface area contributed by atoms with E-state index in [-0.39, 0.29) is 18.5 Å². The number of anilines is 1. The Bertz CT molecular complexity index is 338. The van der Waals surface area contributed by atoms with Crippen molar-refractivity contribution in [2.75, 3.05) is 12.3 Å². The van der Waals surface area contributed by atoms with Gasteiger partial charge in [-0.1, -0.05) is 32.6 Å². The van der Waals surface area contributed by atoms with Crippen LogP contribution in [-0.2, 0) is 16.1 Å². The summed E-state index contributed by atoms with van der Waals surface area (Å²) in [4.78, 5) is 15.1. The second-order valence-corrected chi connectivity index (χ2v) is 3.94. The van der Waals surface area contributed by atoms with Gasteiger partial charge in [0.25, 0.3) is 0 Å². The Balaban J connectivity index is 2.05. The van der Waals surface area contributed by atoms with Crippen LogP contribution in [0.25, 0.3) is 0 Å². The van der Waals surface area contributed by atoms with Crippen LogP contribution in [0.4, 0.5) is 5.95 Å². The molecule has 6 nitrogen and oxygen atoms in total. The van der Waals surface area contributed by atoms with Crippen molar-refractivity contribution >= 4 is 11.9 Å². The van der Waals surface area contributed by atoms with Gasteiger partial charge in [0.2, 0.25) is 5.95 Å². The average molecular weight is 240 g/mol. The van der Waals surface area contributed by atoms with Crippen molar-refractivity contribution < 1.29 is 9.53 Å². The minimum Gasteiger partial charge on any atom is -0.464 e. The smallest absolute Gasteiger partial charge is 0.327 e. The predicted molar refractivity (Wildman–Crippen MR) is 64.2 cm³/mol. The largest absolute Gasteiger partial charge is 0.464 e. The van der Waals surface area contributed by atoms with E-state index in [9.17, 15) is 4.79 Å². The highest BCUT2D eigenvalue weighted by Gasteiger charge is 2.05. The first-order valence-electron chi connectivity index (χ1n) is 6.03. The third-order valence-electron chi connectivity index (χ3n) is 2.36. The Morgan fingerprint density at radius 3 is 2.82 bits per heavy atom. The zero-order valence-electron chi connectivity index (χ0n) is 10.3. The Kier molecular flexibility index (Phi) is 6.06. The Hall–Kier alpha value is -1.59. The number of carbonyl (C=O) groups is 1. The number of carbonyl (C=O) groups excluding carboxylic acids is 1. The summed E-state index contributed by atoms with van der Waals surface area (Å²) in [5.41, 5.74) is 5.33. The van der Waals surface area contributed by atoms with Crippen molar-refractivity contribution in [1.29, 1.82) is 0 Å². The van der Waals surface area contributed by atoms with Crippen LogP contribution in [0.3, 0.4) is 0 Å². The number of nitrogen functional groups attached to an aromatic ring is 1. The molecule has 1 heterocycles. The molecule has 0 unspecified atom stereocenters. The first-order valence-corrected chi connectivity index (χ1v) is 6.03. The molecule has 0 aliphatic carbocycles. The van der Waals surface area contributed by atoms with Gasteiger partial charge in [-0.25, -0.2) is 9.67 Å². The topological polar surface area (TPSA) is 83.0 Å². The van der Waals surface area contributed by atoms with Crippen molar-refractivity contribution in [1.82, 2.24) is 14.8 Å². The van der Waals surface area contributed by atoms with Crippen molar-refractivity contribution in [3.05, 3.63) is 6.33 Å². The van der Waals surface area contributed by atoms with Gasteiger partial charge in [0.05, 0.1) is 6.61 Å². The van der Waals surface area contributed by atoms with E-state index in [1.807, 2.05) is 0 Å². The molecule has 96 valence electrons. The summed E-state index contributed by atoms with van der Waals surface area (Å²) in [6.07, 6.45) is 7.10. The van der Waals surface area contributed by atoms with Gasteiger partial charge in [0.15, 0.2) is 0 Å². The van der Waals surface area contributed by atoms with Crippen LogP contribution in [-0.4, -0.2) is 27.3 Å². The molecule has 2 N–H and O–H groups in total. The van der Waals surface area contributed by atoms with E-state index in [1.165, 1.54) is 30.3 Å². The molecule has 0 spiro atoms. The van der Waals surface area contributed by atoms with Gasteiger partial charge < -0.3 is 10.5 Å². The highest BCUT2D eigenvalue weighted by atomic mass is 16.5. The average Bonchev–Trinajstić information content (AvgIpc) is 2.69. The molecule has 0 aliphatic rings. The van der Waals surface area contributed by atoms with Crippen LogP contribution in [0.2, 0.25) is 0 Å². The number of rotatable bonds is 8. The van der Waals surface area contributed by atoms with Crippen molar-refractivity contribution in [2.45, 2.75) is 45.6 Å². The van der Waals surface area contributed by atoms with Crippen molar-refractivity contribution in [3.8, 4) is 0 Å². The summed E-state index contributed by atoms with van der Waals surface area (Å²) in [5.74, 6) is -0.136. The van der Waals surface area contributed by atoms with E-state index >= 15 is 0 Å². The lowest BCUT2D eigenvalue weighted by Gasteiger charge is -2.04. The zero-order valence-corrected chi connectivity index (χ0v) is 10.3. The summed E-state index contributed by atoms with van der Waals surface area (Å²) < 4.78 is 6.44. The number of esters is 1. The zero-order chi connectivity index (χ0) is 12.5. The molecule has 1 aromatic heterocycles. The minimum atomic E-state index is -0.301. The lowest BCUT2D eigenvalue weighted by atomic mass is 10.2. The van der Waals surface area contributed by atoms with Gasteiger partial charge in [-0.2, -0.15) is 0 Å². The lowest BCUT2D eigenvalue weighted by Crippen LogP contribution is -2.14. The molecule has 6 heteroatoms. The fourth-order valence-corrected chi connectivity index (χ4v) is 1.45. The van der Waals surface area contributed by atoms with Crippen LogP contribution in [0, 0.1) is 0 Å². The Labute approximate surface area is 101 Å². The van der Waals surface area contributed by atoms with Crippen molar-refractivity contribution in [2.24, 2.45) is 0 Å². The molecule has 0 radical (unpaired) electrons. The highest BCUT2D eigenvalue weighted by Crippen LogP contribution is 2.02. The number of nitrogens with two attached hydrogens (primary N) is 1. The number of hydrogen-bond acceptors (Lipinski definition) is 5. The second-order valence-electron chi connectivity index (χ2n) is 3.94. The summed E-state index contributed by atoms with van der Waals surface area (Å²) in [6.45, 7) is 2.72. The number of hydrogen-bond donors (Lipinski definition) is 1. The SMILES string of the molecule is CCCCCCCOC(=O)Cn1cnc(N)n1. The maximum absolute atomic E-state index is 11.4. The van der Waals surface area contributed by atoms with E-state index < -0.39 is 0 Å². The van der Waals surface area contributed by atoms with E-state index in [2.05, 4.69) is 17.0 Å².